The number of rotatable bonds is 2. The second-order valence-corrected chi connectivity index (χ2v) is 6.23. The third kappa shape index (κ3) is 3.23. The van der Waals surface area contributed by atoms with Crippen LogP contribution in [0.3, 0.4) is 0 Å². The number of hydrazone groups is 1. The smallest absolute Gasteiger partial charge is 0.250 e. The highest BCUT2D eigenvalue weighted by atomic mass is 35.5. The molecule has 0 spiro atoms. The maximum absolute atomic E-state index is 13.4. The van der Waals surface area contributed by atoms with Gasteiger partial charge in [0.05, 0.1) is 21.4 Å². The molecule has 6 heteroatoms. The number of halogens is 3. The minimum absolute atomic E-state index is 0.167. The maximum atomic E-state index is 13.4. The lowest BCUT2D eigenvalue weighted by molar-refractivity contribution is -0.122. The number of hydrogen-bond acceptors (Lipinski definition) is 2. The Labute approximate surface area is 143 Å². The van der Waals surface area contributed by atoms with Gasteiger partial charge in [-0.3, -0.25) is 4.79 Å². The summed E-state index contributed by atoms with van der Waals surface area (Å²) in [6.45, 7) is 1.82. The van der Waals surface area contributed by atoms with Gasteiger partial charge in [-0.05, 0) is 35.9 Å². The minimum atomic E-state index is -0.417. The Morgan fingerprint density at radius 3 is 2.65 bits per heavy atom. The second-order valence-electron chi connectivity index (χ2n) is 5.41. The van der Waals surface area contributed by atoms with E-state index in [0.717, 1.165) is 5.56 Å². The largest absolute Gasteiger partial charge is 0.272 e. The average molecular weight is 351 g/mol. The fraction of sp³-hybridized carbons (Fsp3) is 0.176. The monoisotopic (exact) mass is 350 g/mol. The van der Waals surface area contributed by atoms with Crippen LogP contribution in [0.1, 0.15) is 18.9 Å². The van der Waals surface area contributed by atoms with E-state index in [1.165, 1.54) is 17.1 Å². The maximum Gasteiger partial charge on any atom is 0.250 e. The lowest BCUT2D eigenvalue weighted by Crippen LogP contribution is -2.37. The van der Waals surface area contributed by atoms with Gasteiger partial charge < -0.3 is 0 Å². The zero-order valence-corrected chi connectivity index (χ0v) is 13.8. The third-order valence-corrected chi connectivity index (χ3v) is 4.40. The fourth-order valence-corrected chi connectivity index (χ4v) is 2.74. The highest BCUT2D eigenvalue weighted by Crippen LogP contribution is 2.28. The van der Waals surface area contributed by atoms with E-state index < -0.39 is 5.82 Å². The lowest BCUT2D eigenvalue weighted by atomic mass is 9.96. The van der Waals surface area contributed by atoms with Crippen LogP contribution in [0.15, 0.2) is 47.6 Å². The Morgan fingerprint density at radius 1 is 1.17 bits per heavy atom. The van der Waals surface area contributed by atoms with Crippen molar-refractivity contribution in [2.75, 3.05) is 5.01 Å². The van der Waals surface area contributed by atoms with E-state index in [4.69, 9.17) is 23.2 Å². The summed E-state index contributed by atoms with van der Waals surface area (Å²) in [6.07, 6.45) is 0.489. The summed E-state index contributed by atoms with van der Waals surface area (Å²) in [6, 6.07) is 11.0. The lowest BCUT2D eigenvalue weighted by Gasteiger charge is -2.27. The van der Waals surface area contributed by atoms with Gasteiger partial charge in [0.2, 0.25) is 0 Å². The zero-order valence-electron chi connectivity index (χ0n) is 12.3. The van der Waals surface area contributed by atoms with Crippen LogP contribution in [0.4, 0.5) is 10.1 Å². The van der Waals surface area contributed by atoms with E-state index in [1.54, 1.807) is 30.3 Å². The van der Waals surface area contributed by atoms with Crippen molar-refractivity contribution in [3.8, 4) is 0 Å². The normalized spacial score (nSPS) is 18.1. The molecule has 0 saturated heterocycles. The summed E-state index contributed by atoms with van der Waals surface area (Å²) >= 11 is 12.0. The van der Waals surface area contributed by atoms with E-state index in [9.17, 15) is 9.18 Å². The Kier molecular flexibility index (Phi) is 4.37. The molecule has 1 aliphatic rings. The zero-order chi connectivity index (χ0) is 16.6. The number of carbonyl (C=O) groups excluding carboxylic acids is 1. The highest BCUT2D eigenvalue weighted by Gasteiger charge is 2.29. The van der Waals surface area contributed by atoms with Gasteiger partial charge in [-0.15, -0.1) is 0 Å². The molecule has 0 fully saturated rings. The predicted molar refractivity (Wildman–Crippen MR) is 90.7 cm³/mol. The summed E-state index contributed by atoms with van der Waals surface area (Å²) < 4.78 is 13.4. The second kappa shape index (κ2) is 6.30. The van der Waals surface area contributed by atoms with Crippen LogP contribution in [0.2, 0.25) is 10.0 Å². The molecule has 1 aliphatic heterocycles. The van der Waals surface area contributed by atoms with Crippen LogP contribution < -0.4 is 5.01 Å². The molecule has 0 aliphatic carbocycles. The van der Waals surface area contributed by atoms with Crippen LogP contribution in [0.25, 0.3) is 0 Å². The van der Waals surface area contributed by atoms with E-state index in [2.05, 4.69) is 5.10 Å². The SMILES string of the molecule is CC1CC(c2ccc(Cl)c(Cl)c2)=NN(c2cccc(F)c2)C1=O. The molecule has 1 atom stereocenters. The van der Waals surface area contributed by atoms with Crippen LogP contribution in [0.5, 0.6) is 0 Å². The van der Waals surface area contributed by atoms with Crippen molar-refractivity contribution in [1.82, 2.24) is 0 Å². The fourth-order valence-electron chi connectivity index (χ4n) is 2.44. The Morgan fingerprint density at radius 2 is 1.96 bits per heavy atom. The molecule has 1 amide bonds. The van der Waals surface area contributed by atoms with Gasteiger partial charge in [-0.1, -0.05) is 42.3 Å². The topological polar surface area (TPSA) is 32.7 Å². The van der Waals surface area contributed by atoms with Crippen LogP contribution in [-0.4, -0.2) is 11.6 Å². The van der Waals surface area contributed by atoms with Gasteiger partial charge in [0.1, 0.15) is 5.82 Å². The number of anilines is 1. The first-order valence-electron chi connectivity index (χ1n) is 7.08. The van der Waals surface area contributed by atoms with Crippen molar-refractivity contribution in [2.45, 2.75) is 13.3 Å². The van der Waals surface area contributed by atoms with Gasteiger partial charge in [0.15, 0.2) is 0 Å². The van der Waals surface area contributed by atoms with Crippen molar-refractivity contribution in [3.63, 3.8) is 0 Å². The number of benzene rings is 2. The molecule has 0 saturated carbocycles. The van der Waals surface area contributed by atoms with Crippen LogP contribution in [0, 0.1) is 11.7 Å². The average Bonchev–Trinajstić information content (AvgIpc) is 2.52. The van der Waals surface area contributed by atoms with Crippen molar-refractivity contribution in [2.24, 2.45) is 11.0 Å². The van der Waals surface area contributed by atoms with Crippen LogP contribution >= 0.6 is 23.2 Å². The van der Waals surface area contributed by atoms with Crippen molar-refractivity contribution in [3.05, 3.63) is 63.9 Å². The standard InChI is InChI=1S/C17H13Cl2FN2O/c1-10-7-16(11-5-6-14(18)15(19)8-11)21-22(17(10)23)13-4-2-3-12(20)9-13/h2-6,8-10H,7H2,1H3. The molecule has 0 radical (unpaired) electrons. The highest BCUT2D eigenvalue weighted by molar-refractivity contribution is 6.42. The first kappa shape index (κ1) is 16.0. The van der Waals surface area contributed by atoms with Gasteiger partial charge in [-0.25, -0.2) is 9.40 Å². The van der Waals surface area contributed by atoms with Gasteiger partial charge in [0.25, 0.3) is 5.91 Å². The molecular formula is C17H13Cl2FN2O. The first-order chi connectivity index (χ1) is 11.0. The molecule has 3 rings (SSSR count). The molecule has 0 bridgehead atoms. The molecule has 23 heavy (non-hydrogen) atoms. The number of hydrogen-bond donors (Lipinski definition) is 0. The summed E-state index contributed by atoms with van der Waals surface area (Å²) in [4.78, 5) is 12.4. The van der Waals surface area contributed by atoms with Crippen molar-refractivity contribution in [1.29, 1.82) is 0 Å². The number of amides is 1. The Balaban J connectivity index is 2.05. The van der Waals surface area contributed by atoms with E-state index in [-0.39, 0.29) is 11.8 Å². The quantitative estimate of drug-likeness (QED) is 0.757. The van der Waals surface area contributed by atoms with Crippen molar-refractivity contribution >= 4 is 40.5 Å². The van der Waals surface area contributed by atoms with E-state index >= 15 is 0 Å². The number of nitrogens with zero attached hydrogens (tertiary/aromatic N) is 2. The number of carbonyl (C=O) groups is 1. The van der Waals surface area contributed by atoms with Crippen molar-refractivity contribution < 1.29 is 9.18 Å². The van der Waals surface area contributed by atoms with E-state index in [1.807, 2.05) is 6.92 Å². The molecular weight excluding hydrogens is 338 g/mol. The molecule has 2 aromatic rings. The summed E-state index contributed by atoms with van der Waals surface area (Å²) in [7, 11) is 0. The predicted octanol–water partition coefficient (Wildman–Crippen LogP) is 4.91. The molecule has 1 unspecified atom stereocenters. The Bertz CT molecular complexity index is 807. The van der Waals surface area contributed by atoms with Gasteiger partial charge in [0, 0.05) is 12.3 Å². The summed E-state index contributed by atoms with van der Waals surface area (Å²) in [5.74, 6) is -0.848. The van der Waals surface area contributed by atoms with E-state index in [0.29, 0.717) is 27.9 Å². The molecule has 0 N–H and O–H groups in total. The molecule has 3 nitrogen and oxygen atoms in total. The van der Waals surface area contributed by atoms with Gasteiger partial charge in [-0.2, -0.15) is 5.10 Å². The first-order valence-corrected chi connectivity index (χ1v) is 7.84. The summed E-state index contributed by atoms with van der Waals surface area (Å²) in [5, 5.41) is 6.52. The molecule has 2 aromatic carbocycles. The molecule has 118 valence electrons. The molecule has 1 heterocycles. The molecule has 0 aromatic heterocycles. The minimum Gasteiger partial charge on any atom is -0.272 e. The van der Waals surface area contributed by atoms with Crippen LogP contribution in [-0.2, 0) is 4.79 Å². The van der Waals surface area contributed by atoms with Gasteiger partial charge >= 0.3 is 0 Å². The summed E-state index contributed by atoms with van der Waals surface area (Å²) in [5.41, 5.74) is 1.90. The third-order valence-electron chi connectivity index (χ3n) is 3.66. The Hall–Kier alpha value is -1.91.